The van der Waals surface area contributed by atoms with E-state index in [1.54, 1.807) is 0 Å². The molecule has 0 aliphatic heterocycles. The largest absolute Gasteiger partial charge is 0.481 e. The molecule has 0 saturated heterocycles. The molecule has 0 amide bonds. The molecule has 0 spiro atoms. The maximum absolute atomic E-state index is 10.6. The van der Waals surface area contributed by atoms with E-state index in [0.29, 0.717) is 6.42 Å². The fourth-order valence-corrected chi connectivity index (χ4v) is 1.01. The summed E-state index contributed by atoms with van der Waals surface area (Å²) >= 11 is 0. The number of carbonyl (C=O) groups excluding carboxylic acids is 1. The molecule has 0 aromatic carbocycles. The van der Waals surface area contributed by atoms with Gasteiger partial charge >= 0.3 is 5.97 Å². The van der Waals surface area contributed by atoms with Crippen LogP contribution in [0.5, 0.6) is 0 Å². The van der Waals surface area contributed by atoms with E-state index in [-0.39, 0.29) is 12.2 Å². The van der Waals surface area contributed by atoms with Crippen molar-refractivity contribution in [3.05, 3.63) is 0 Å². The van der Waals surface area contributed by atoms with Crippen LogP contribution >= 0.6 is 0 Å². The number of hydrogen-bond acceptors (Lipinski definition) is 2. The van der Waals surface area contributed by atoms with Gasteiger partial charge in [-0.15, -0.1) is 0 Å². The molecule has 11 heavy (non-hydrogen) atoms. The lowest BCUT2D eigenvalue weighted by Gasteiger charge is -2.07. The third-order valence-electron chi connectivity index (χ3n) is 1.52. The maximum atomic E-state index is 10.6. The summed E-state index contributed by atoms with van der Waals surface area (Å²) in [5.41, 5.74) is 0. The highest BCUT2D eigenvalue weighted by atomic mass is 16.4. The number of ketones is 1. The van der Waals surface area contributed by atoms with Crippen LogP contribution in [-0.2, 0) is 9.59 Å². The van der Waals surface area contributed by atoms with Gasteiger partial charge in [-0.2, -0.15) is 0 Å². The van der Waals surface area contributed by atoms with Crippen LogP contribution in [0.2, 0.25) is 0 Å². The molecule has 3 heteroatoms. The van der Waals surface area contributed by atoms with Crippen molar-refractivity contribution >= 4 is 11.8 Å². The molecule has 0 heterocycles. The van der Waals surface area contributed by atoms with Gasteiger partial charge in [0.05, 0.1) is 5.92 Å². The molecule has 3 nitrogen and oxygen atoms in total. The molecule has 0 radical (unpaired) electrons. The monoisotopic (exact) mass is 158 g/mol. The minimum absolute atomic E-state index is 0.0501. The number of carboxylic acid groups (broad SMARTS) is 1. The van der Waals surface area contributed by atoms with Crippen LogP contribution in [0.25, 0.3) is 0 Å². The van der Waals surface area contributed by atoms with Crippen LogP contribution in [0.3, 0.4) is 0 Å². The molecule has 0 saturated carbocycles. The van der Waals surface area contributed by atoms with Gasteiger partial charge in [0, 0.05) is 6.42 Å². The van der Waals surface area contributed by atoms with Gasteiger partial charge in [-0.3, -0.25) is 4.79 Å². The average molecular weight is 158 g/mol. The zero-order valence-corrected chi connectivity index (χ0v) is 6.96. The van der Waals surface area contributed by atoms with Gasteiger partial charge in [0.1, 0.15) is 5.78 Å². The lowest BCUT2D eigenvalue weighted by Crippen LogP contribution is -2.16. The number of carbonyl (C=O) groups is 2. The lowest BCUT2D eigenvalue weighted by molar-refractivity contribution is -0.143. The Balaban J connectivity index is 3.89. The molecule has 0 rings (SSSR count). The van der Waals surface area contributed by atoms with Gasteiger partial charge in [-0.25, -0.2) is 0 Å². The highest BCUT2D eigenvalue weighted by Gasteiger charge is 2.17. The van der Waals surface area contributed by atoms with Crippen molar-refractivity contribution in [2.24, 2.45) is 5.92 Å². The fraction of sp³-hybridized carbons (Fsp3) is 0.750. The zero-order chi connectivity index (χ0) is 8.85. The predicted octanol–water partition coefficient (Wildman–Crippen LogP) is 1.47. The Morgan fingerprint density at radius 2 is 2.00 bits per heavy atom. The summed E-state index contributed by atoms with van der Waals surface area (Å²) < 4.78 is 0. The van der Waals surface area contributed by atoms with E-state index in [9.17, 15) is 9.59 Å². The van der Waals surface area contributed by atoms with Gasteiger partial charge in [-0.1, -0.05) is 13.3 Å². The number of carboxylic acids is 1. The minimum atomic E-state index is -0.859. The zero-order valence-electron chi connectivity index (χ0n) is 6.96. The van der Waals surface area contributed by atoms with E-state index in [0.717, 1.165) is 6.42 Å². The molecule has 0 aromatic heterocycles. The van der Waals surface area contributed by atoms with Crippen LogP contribution < -0.4 is 0 Å². The smallest absolute Gasteiger partial charge is 0.306 e. The summed E-state index contributed by atoms with van der Waals surface area (Å²) in [4.78, 5) is 21.0. The first-order valence-corrected chi connectivity index (χ1v) is 3.80. The third kappa shape index (κ3) is 4.53. The van der Waals surface area contributed by atoms with Gasteiger partial charge in [-0.05, 0) is 13.3 Å². The summed E-state index contributed by atoms with van der Waals surface area (Å²) in [6, 6.07) is 0. The van der Waals surface area contributed by atoms with Crippen LogP contribution in [0.4, 0.5) is 0 Å². The summed E-state index contributed by atoms with van der Waals surface area (Å²) in [6.45, 7) is 3.33. The van der Waals surface area contributed by atoms with Crippen LogP contribution in [0, 0.1) is 5.92 Å². The number of Topliss-reactive ketones (excluding diaryl/α,β-unsaturated/α-hetero) is 1. The van der Waals surface area contributed by atoms with E-state index >= 15 is 0 Å². The Morgan fingerprint density at radius 1 is 1.45 bits per heavy atom. The standard InChI is InChI=1S/C8H14O3/c1-3-4-7(8(10)11)5-6(2)9/h7H,3-5H2,1-2H3,(H,10,11)/t7-/m0/s1. The first kappa shape index (κ1) is 10.1. The lowest BCUT2D eigenvalue weighted by atomic mass is 9.98. The van der Waals surface area contributed by atoms with E-state index in [1.807, 2.05) is 6.92 Å². The third-order valence-corrected chi connectivity index (χ3v) is 1.52. The topological polar surface area (TPSA) is 54.4 Å². The normalized spacial score (nSPS) is 12.5. The molecule has 0 unspecified atom stereocenters. The Hall–Kier alpha value is -0.860. The van der Waals surface area contributed by atoms with E-state index in [4.69, 9.17) is 5.11 Å². The molecule has 0 aliphatic carbocycles. The number of hydrogen-bond donors (Lipinski definition) is 1. The van der Waals surface area contributed by atoms with Gasteiger partial charge in [0.25, 0.3) is 0 Å². The molecular formula is C8H14O3. The molecule has 1 N–H and O–H groups in total. The Labute approximate surface area is 66.4 Å². The summed E-state index contributed by atoms with van der Waals surface area (Å²) in [6.07, 6.45) is 1.57. The quantitative estimate of drug-likeness (QED) is 0.659. The van der Waals surface area contributed by atoms with E-state index < -0.39 is 11.9 Å². The Bertz CT molecular complexity index is 151. The van der Waals surface area contributed by atoms with E-state index in [2.05, 4.69) is 0 Å². The second-order valence-electron chi connectivity index (χ2n) is 2.73. The van der Waals surface area contributed by atoms with Crippen molar-refractivity contribution < 1.29 is 14.7 Å². The highest BCUT2D eigenvalue weighted by Crippen LogP contribution is 2.11. The van der Waals surface area contributed by atoms with Crippen LogP contribution in [0.1, 0.15) is 33.1 Å². The highest BCUT2D eigenvalue weighted by molar-refractivity contribution is 5.81. The van der Waals surface area contributed by atoms with Crippen LogP contribution in [-0.4, -0.2) is 16.9 Å². The van der Waals surface area contributed by atoms with Crippen molar-refractivity contribution in [2.45, 2.75) is 33.1 Å². The van der Waals surface area contributed by atoms with Crippen LogP contribution in [0.15, 0.2) is 0 Å². The first-order valence-electron chi connectivity index (χ1n) is 3.80. The number of rotatable bonds is 5. The molecule has 0 bridgehead atoms. The second-order valence-corrected chi connectivity index (χ2v) is 2.73. The fourth-order valence-electron chi connectivity index (χ4n) is 1.01. The average Bonchev–Trinajstić information content (AvgIpc) is 1.86. The predicted molar refractivity (Wildman–Crippen MR) is 41.3 cm³/mol. The van der Waals surface area contributed by atoms with Crippen molar-refractivity contribution in [3.63, 3.8) is 0 Å². The molecule has 64 valence electrons. The van der Waals surface area contributed by atoms with Crippen molar-refractivity contribution in [1.29, 1.82) is 0 Å². The summed E-state index contributed by atoms with van der Waals surface area (Å²) in [5.74, 6) is -1.38. The Kier molecular flexibility index (Phi) is 4.50. The minimum Gasteiger partial charge on any atom is -0.481 e. The van der Waals surface area contributed by atoms with Gasteiger partial charge in [0.15, 0.2) is 0 Å². The summed E-state index contributed by atoms with van der Waals surface area (Å²) in [7, 11) is 0. The van der Waals surface area contributed by atoms with Crippen molar-refractivity contribution in [2.75, 3.05) is 0 Å². The SMILES string of the molecule is CCC[C@@H](CC(C)=O)C(=O)O. The molecule has 0 aromatic rings. The molecular weight excluding hydrogens is 144 g/mol. The Morgan fingerprint density at radius 3 is 2.27 bits per heavy atom. The molecule has 1 atom stereocenters. The summed E-state index contributed by atoms with van der Waals surface area (Å²) in [5, 5.41) is 8.60. The van der Waals surface area contributed by atoms with Gasteiger partial charge in [0.2, 0.25) is 0 Å². The van der Waals surface area contributed by atoms with Crippen molar-refractivity contribution in [3.8, 4) is 0 Å². The number of aliphatic carboxylic acids is 1. The molecule has 0 aliphatic rings. The van der Waals surface area contributed by atoms with Crippen molar-refractivity contribution in [1.82, 2.24) is 0 Å². The van der Waals surface area contributed by atoms with E-state index in [1.165, 1.54) is 6.92 Å². The first-order chi connectivity index (χ1) is 5.07. The maximum Gasteiger partial charge on any atom is 0.306 e. The van der Waals surface area contributed by atoms with Gasteiger partial charge < -0.3 is 9.90 Å². The second kappa shape index (κ2) is 4.88. The molecule has 0 fully saturated rings.